The van der Waals surface area contributed by atoms with Crippen LogP contribution in [-0.4, -0.2) is 35.0 Å². The lowest BCUT2D eigenvalue weighted by Gasteiger charge is -2.32. The third-order valence-corrected chi connectivity index (χ3v) is 4.74. The van der Waals surface area contributed by atoms with E-state index in [-0.39, 0.29) is 17.7 Å². The van der Waals surface area contributed by atoms with Crippen molar-refractivity contribution >= 4 is 11.9 Å². The van der Waals surface area contributed by atoms with Crippen molar-refractivity contribution in [1.82, 2.24) is 4.90 Å². The Bertz CT molecular complexity index is 328. The fourth-order valence-electron chi connectivity index (χ4n) is 3.51. The van der Waals surface area contributed by atoms with Gasteiger partial charge < -0.3 is 10.0 Å². The third kappa shape index (κ3) is 3.71. The molecule has 4 nitrogen and oxygen atoms in total. The number of nitrogens with zero attached hydrogens (tertiary/aromatic N) is 1. The Morgan fingerprint density at radius 1 is 1.16 bits per heavy atom. The number of aliphatic carboxylic acids is 1. The first-order valence-electron chi connectivity index (χ1n) is 7.59. The van der Waals surface area contributed by atoms with Crippen molar-refractivity contribution in [3.05, 3.63) is 0 Å². The molecule has 0 aromatic carbocycles. The second-order valence-corrected chi connectivity index (χ2v) is 6.23. The van der Waals surface area contributed by atoms with Gasteiger partial charge in [-0.2, -0.15) is 0 Å². The average molecular weight is 267 g/mol. The van der Waals surface area contributed by atoms with Crippen LogP contribution in [0.5, 0.6) is 0 Å². The second-order valence-electron chi connectivity index (χ2n) is 6.23. The van der Waals surface area contributed by atoms with Crippen molar-refractivity contribution in [3.63, 3.8) is 0 Å². The normalized spacial score (nSPS) is 23.5. The van der Waals surface area contributed by atoms with Crippen molar-refractivity contribution in [2.24, 2.45) is 17.8 Å². The topological polar surface area (TPSA) is 57.6 Å². The first kappa shape index (κ1) is 14.4. The molecule has 1 aliphatic carbocycles. The van der Waals surface area contributed by atoms with Crippen LogP contribution in [0.1, 0.15) is 51.9 Å². The van der Waals surface area contributed by atoms with E-state index in [1.165, 1.54) is 25.7 Å². The summed E-state index contributed by atoms with van der Waals surface area (Å²) in [5.41, 5.74) is 0. The Hall–Kier alpha value is -1.06. The van der Waals surface area contributed by atoms with E-state index in [0.29, 0.717) is 25.9 Å². The van der Waals surface area contributed by atoms with Gasteiger partial charge in [-0.25, -0.2) is 0 Å². The van der Waals surface area contributed by atoms with Crippen molar-refractivity contribution in [2.45, 2.75) is 51.9 Å². The number of hydrogen-bond acceptors (Lipinski definition) is 2. The van der Waals surface area contributed by atoms with Crippen LogP contribution >= 0.6 is 0 Å². The Labute approximate surface area is 115 Å². The van der Waals surface area contributed by atoms with Crippen LogP contribution in [0.25, 0.3) is 0 Å². The molecule has 1 amide bonds. The summed E-state index contributed by atoms with van der Waals surface area (Å²) >= 11 is 0. The van der Waals surface area contributed by atoms with Crippen molar-refractivity contribution in [1.29, 1.82) is 0 Å². The van der Waals surface area contributed by atoms with E-state index in [4.69, 9.17) is 5.11 Å². The maximum absolute atomic E-state index is 12.3. The molecule has 0 aromatic rings. The first-order chi connectivity index (χ1) is 9.08. The van der Waals surface area contributed by atoms with Crippen LogP contribution in [0, 0.1) is 17.8 Å². The number of hydrogen-bond donors (Lipinski definition) is 1. The number of rotatable bonds is 4. The highest BCUT2D eigenvalue weighted by Gasteiger charge is 2.30. The maximum Gasteiger partial charge on any atom is 0.306 e. The zero-order valence-electron chi connectivity index (χ0n) is 11.8. The number of carbonyl (C=O) groups excluding carboxylic acids is 1. The summed E-state index contributed by atoms with van der Waals surface area (Å²) < 4.78 is 0. The second kappa shape index (κ2) is 6.40. The fourth-order valence-corrected chi connectivity index (χ4v) is 3.51. The lowest BCUT2D eigenvalue weighted by Crippen LogP contribution is -2.42. The predicted molar refractivity (Wildman–Crippen MR) is 72.7 cm³/mol. The molecule has 0 aromatic heterocycles. The van der Waals surface area contributed by atoms with Crippen LogP contribution in [0.15, 0.2) is 0 Å². The molecule has 2 fully saturated rings. The molecule has 19 heavy (non-hydrogen) atoms. The molecule has 1 atom stereocenters. The van der Waals surface area contributed by atoms with E-state index in [0.717, 1.165) is 12.3 Å². The van der Waals surface area contributed by atoms with Gasteiger partial charge in [-0.3, -0.25) is 9.59 Å². The summed E-state index contributed by atoms with van der Waals surface area (Å²) in [5, 5.41) is 8.96. The SMILES string of the molecule is CC(CC1CCCC1)C(=O)N1CCC(C(=O)O)CC1. The quantitative estimate of drug-likeness (QED) is 0.851. The molecule has 2 rings (SSSR count). The van der Waals surface area contributed by atoms with E-state index >= 15 is 0 Å². The van der Waals surface area contributed by atoms with Gasteiger partial charge >= 0.3 is 5.97 Å². The highest BCUT2D eigenvalue weighted by molar-refractivity contribution is 5.79. The van der Waals surface area contributed by atoms with Gasteiger partial charge in [0.25, 0.3) is 0 Å². The van der Waals surface area contributed by atoms with Gasteiger partial charge in [-0.1, -0.05) is 32.6 Å². The molecule has 4 heteroatoms. The Morgan fingerprint density at radius 2 is 1.74 bits per heavy atom. The van der Waals surface area contributed by atoms with E-state index in [2.05, 4.69) is 0 Å². The van der Waals surface area contributed by atoms with Gasteiger partial charge in [0, 0.05) is 19.0 Å². The van der Waals surface area contributed by atoms with Gasteiger partial charge in [0.15, 0.2) is 0 Å². The molecular formula is C15H25NO3. The van der Waals surface area contributed by atoms with E-state index in [1.54, 1.807) is 0 Å². The number of carbonyl (C=O) groups is 2. The van der Waals surface area contributed by atoms with E-state index in [1.807, 2.05) is 11.8 Å². The number of likely N-dealkylation sites (tertiary alicyclic amines) is 1. The monoisotopic (exact) mass is 267 g/mol. The minimum absolute atomic E-state index is 0.101. The van der Waals surface area contributed by atoms with Crippen molar-refractivity contribution in [2.75, 3.05) is 13.1 Å². The fraction of sp³-hybridized carbons (Fsp3) is 0.867. The minimum Gasteiger partial charge on any atom is -0.481 e. The molecule has 1 aliphatic heterocycles. The summed E-state index contributed by atoms with van der Waals surface area (Å²) in [6.07, 6.45) is 7.41. The van der Waals surface area contributed by atoms with Gasteiger partial charge in [-0.05, 0) is 25.2 Å². The Kier molecular flexibility index (Phi) is 4.83. The van der Waals surface area contributed by atoms with Crippen molar-refractivity contribution in [3.8, 4) is 0 Å². The van der Waals surface area contributed by atoms with Crippen LogP contribution in [0.2, 0.25) is 0 Å². The highest BCUT2D eigenvalue weighted by Crippen LogP contribution is 2.31. The smallest absolute Gasteiger partial charge is 0.306 e. The zero-order valence-corrected chi connectivity index (χ0v) is 11.8. The molecule has 108 valence electrons. The molecule has 0 bridgehead atoms. The standard InChI is InChI=1S/C15H25NO3/c1-11(10-12-4-2-3-5-12)14(17)16-8-6-13(7-9-16)15(18)19/h11-13H,2-10H2,1H3,(H,18,19). The molecular weight excluding hydrogens is 242 g/mol. The summed E-state index contributed by atoms with van der Waals surface area (Å²) in [5.74, 6) is 0.0935. The molecule has 1 saturated heterocycles. The number of carboxylic acids is 1. The first-order valence-corrected chi connectivity index (χ1v) is 7.59. The predicted octanol–water partition coefficient (Wildman–Crippen LogP) is 2.53. The lowest BCUT2D eigenvalue weighted by atomic mass is 9.91. The van der Waals surface area contributed by atoms with Crippen LogP contribution in [0.3, 0.4) is 0 Å². The summed E-state index contributed by atoms with van der Waals surface area (Å²) in [6.45, 7) is 3.26. The molecule has 0 spiro atoms. The number of piperidine rings is 1. The minimum atomic E-state index is -0.717. The number of amides is 1. The van der Waals surface area contributed by atoms with E-state index < -0.39 is 5.97 Å². The largest absolute Gasteiger partial charge is 0.481 e. The lowest BCUT2D eigenvalue weighted by molar-refractivity contribution is -0.146. The summed E-state index contributed by atoms with van der Waals surface area (Å²) in [6, 6.07) is 0. The molecule has 2 aliphatic rings. The van der Waals surface area contributed by atoms with Crippen LogP contribution in [-0.2, 0) is 9.59 Å². The summed E-state index contributed by atoms with van der Waals surface area (Å²) in [7, 11) is 0. The zero-order chi connectivity index (χ0) is 13.8. The van der Waals surface area contributed by atoms with Crippen LogP contribution < -0.4 is 0 Å². The molecule has 1 unspecified atom stereocenters. The number of carboxylic acid groups (broad SMARTS) is 1. The Balaban J connectivity index is 1.78. The Morgan fingerprint density at radius 3 is 2.26 bits per heavy atom. The van der Waals surface area contributed by atoms with Gasteiger partial charge in [0.2, 0.25) is 5.91 Å². The van der Waals surface area contributed by atoms with Crippen molar-refractivity contribution < 1.29 is 14.7 Å². The molecule has 1 saturated carbocycles. The average Bonchev–Trinajstić information content (AvgIpc) is 2.90. The van der Waals surface area contributed by atoms with Gasteiger partial charge in [0.05, 0.1) is 5.92 Å². The van der Waals surface area contributed by atoms with Gasteiger partial charge in [0.1, 0.15) is 0 Å². The third-order valence-electron chi connectivity index (χ3n) is 4.74. The molecule has 1 heterocycles. The van der Waals surface area contributed by atoms with E-state index in [9.17, 15) is 9.59 Å². The van der Waals surface area contributed by atoms with Gasteiger partial charge in [-0.15, -0.1) is 0 Å². The molecule has 1 N–H and O–H groups in total. The maximum atomic E-state index is 12.3. The molecule has 0 radical (unpaired) electrons. The highest BCUT2D eigenvalue weighted by atomic mass is 16.4. The van der Waals surface area contributed by atoms with Crippen LogP contribution in [0.4, 0.5) is 0 Å². The summed E-state index contributed by atoms with van der Waals surface area (Å²) in [4.78, 5) is 25.1.